The lowest BCUT2D eigenvalue weighted by Crippen LogP contribution is -2.40. The van der Waals surface area contributed by atoms with E-state index in [1.807, 2.05) is 38.1 Å². The topological polar surface area (TPSA) is 58.4 Å². The van der Waals surface area contributed by atoms with Gasteiger partial charge < -0.3 is 16.0 Å². The van der Waals surface area contributed by atoms with Gasteiger partial charge in [0, 0.05) is 12.2 Å². The maximum absolute atomic E-state index is 11.9. The average molecular weight is 251 g/mol. The number of aryl methyl sites for hydroxylation is 1. The van der Waals surface area contributed by atoms with Gasteiger partial charge in [0.25, 0.3) is 0 Å². The smallest absolute Gasteiger partial charge is 0.322 e. The van der Waals surface area contributed by atoms with Crippen LogP contribution in [0.4, 0.5) is 10.5 Å². The molecule has 1 rings (SSSR count). The molecule has 0 spiro atoms. The normalized spacial score (nSPS) is 9.76. The predicted molar refractivity (Wildman–Crippen MR) is 74.2 cm³/mol. The monoisotopic (exact) mass is 251 g/mol. The minimum absolute atomic E-state index is 0.189. The van der Waals surface area contributed by atoms with Crippen LogP contribution in [0.2, 0.25) is 0 Å². The van der Waals surface area contributed by atoms with E-state index in [1.165, 1.54) is 0 Å². The number of rotatable bonds is 4. The first-order valence-electron chi connectivity index (χ1n) is 5.44. The van der Waals surface area contributed by atoms with Gasteiger partial charge in [-0.1, -0.05) is 24.4 Å². The minimum atomic E-state index is -0.189. The van der Waals surface area contributed by atoms with Gasteiger partial charge in [0.1, 0.15) is 0 Å². The first kappa shape index (κ1) is 13.4. The Balaban J connectivity index is 2.67. The number of nitrogens with two attached hydrogens (primary N) is 1. The zero-order valence-electron chi connectivity index (χ0n) is 10.1. The van der Waals surface area contributed by atoms with Crippen LogP contribution in [0.1, 0.15) is 12.5 Å². The Morgan fingerprint density at radius 3 is 2.76 bits per heavy atom. The highest BCUT2D eigenvalue weighted by Crippen LogP contribution is 2.10. The van der Waals surface area contributed by atoms with Crippen molar-refractivity contribution < 1.29 is 4.79 Å². The van der Waals surface area contributed by atoms with Crippen molar-refractivity contribution in [2.45, 2.75) is 13.8 Å². The number of benzene rings is 1. The van der Waals surface area contributed by atoms with Crippen molar-refractivity contribution in [3.8, 4) is 0 Å². The summed E-state index contributed by atoms with van der Waals surface area (Å²) >= 11 is 4.80. The van der Waals surface area contributed by atoms with Crippen LogP contribution in [0.3, 0.4) is 0 Å². The Hall–Kier alpha value is -1.62. The Labute approximate surface area is 107 Å². The molecule has 1 aromatic carbocycles. The van der Waals surface area contributed by atoms with Crippen LogP contribution < -0.4 is 11.1 Å². The number of nitrogens with one attached hydrogen (secondary N) is 1. The molecule has 0 aliphatic rings. The standard InChI is InChI=1S/C12H17N3OS/c1-3-15(8-11(13)17)12(16)14-10-6-4-5-9(2)7-10/h4-7H,3,8H2,1-2H3,(H2,13,17)(H,14,16). The van der Waals surface area contributed by atoms with E-state index in [1.54, 1.807) is 4.90 Å². The van der Waals surface area contributed by atoms with Gasteiger partial charge in [0.2, 0.25) is 0 Å². The summed E-state index contributed by atoms with van der Waals surface area (Å²) < 4.78 is 0. The van der Waals surface area contributed by atoms with Crippen LogP contribution in [0.5, 0.6) is 0 Å². The third-order valence-corrected chi connectivity index (χ3v) is 2.41. The third-order valence-electron chi connectivity index (χ3n) is 2.28. The molecule has 2 amide bonds. The number of urea groups is 1. The van der Waals surface area contributed by atoms with E-state index in [9.17, 15) is 4.79 Å². The quantitative estimate of drug-likeness (QED) is 0.806. The predicted octanol–water partition coefficient (Wildman–Crippen LogP) is 2.13. The van der Waals surface area contributed by atoms with Gasteiger partial charge in [0.15, 0.2) is 0 Å². The number of thiocarbonyl (C=S) groups is 1. The Morgan fingerprint density at radius 1 is 1.53 bits per heavy atom. The summed E-state index contributed by atoms with van der Waals surface area (Å²) in [7, 11) is 0. The fourth-order valence-electron chi connectivity index (χ4n) is 1.44. The van der Waals surface area contributed by atoms with Crippen molar-refractivity contribution in [2.75, 3.05) is 18.4 Å². The Morgan fingerprint density at radius 2 is 2.24 bits per heavy atom. The highest BCUT2D eigenvalue weighted by atomic mass is 32.1. The molecule has 0 bridgehead atoms. The van der Waals surface area contributed by atoms with Crippen molar-refractivity contribution in [3.63, 3.8) is 0 Å². The van der Waals surface area contributed by atoms with E-state index >= 15 is 0 Å². The molecular weight excluding hydrogens is 234 g/mol. The molecule has 4 nitrogen and oxygen atoms in total. The van der Waals surface area contributed by atoms with E-state index in [-0.39, 0.29) is 6.03 Å². The van der Waals surface area contributed by atoms with Crippen LogP contribution in [0, 0.1) is 6.92 Å². The highest BCUT2D eigenvalue weighted by Gasteiger charge is 2.12. The lowest BCUT2D eigenvalue weighted by atomic mass is 10.2. The minimum Gasteiger partial charge on any atom is -0.392 e. The molecule has 0 aliphatic carbocycles. The summed E-state index contributed by atoms with van der Waals surface area (Å²) in [4.78, 5) is 13.8. The maximum atomic E-state index is 11.9. The molecule has 0 saturated heterocycles. The highest BCUT2D eigenvalue weighted by molar-refractivity contribution is 7.80. The van der Waals surface area contributed by atoms with Crippen LogP contribution >= 0.6 is 12.2 Å². The summed E-state index contributed by atoms with van der Waals surface area (Å²) in [6, 6.07) is 7.44. The first-order valence-corrected chi connectivity index (χ1v) is 5.84. The molecule has 3 N–H and O–H groups in total. The van der Waals surface area contributed by atoms with E-state index < -0.39 is 0 Å². The van der Waals surface area contributed by atoms with Gasteiger partial charge in [-0.15, -0.1) is 0 Å². The molecule has 0 atom stereocenters. The summed E-state index contributed by atoms with van der Waals surface area (Å²) in [6.07, 6.45) is 0. The molecule has 0 unspecified atom stereocenters. The number of anilines is 1. The molecule has 0 fully saturated rings. The number of likely N-dealkylation sites (N-methyl/N-ethyl adjacent to an activating group) is 1. The molecule has 0 radical (unpaired) electrons. The zero-order chi connectivity index (χ0) is 12.8. The second-order valence-corrected chi connectivity index (χ2v) is 4.30. The van der Waals surface area contributed by atoms with Crippen LogP contribution in [-0.2, 0) is 0 Å². The summed E-state index contributed by atoms with van der Waals surface area (Å²) in [5.41, 5.74) is 7.31. The Bertz CT molecular complexity index is 420. The second kappa shape index (κ2) is 6.20. The summed E-state index contributed by atoms with van der Waals surface area (Å²) in [6.45, 7) is 4.72. The number of amides is 2. The Kier molecular flexibility index (Phi) is 4.90. The van der Waals surface area contributed by atoms with Crippen LogP contribution in [-0.4, -0.2) is 29.0 Å². The lowest BCUT2D eigenvalue weighted by molar-refractivity contribution is 0.221. The van der Waals surface area contributed by atoms with Crippen molar-refractivity contribution in [3.05, 3.63) is 29.8 Å². The van der Waals surface area contributed by atoms with Gasteiger partial charge >= 0.3 is 6.03 Å². The summed E-state index contributed by atoms with van der Waals surface area (Å²) in [5.74, 6) is 0. The molecule has 92 valence electrons. The number of carbonyl (C=O) groups is 1. The average Bonchev–Trinajstić information content (AvgIpc) is 2.25. The SMILES string of the molecule is CCN(CC(N)=S)C(=O)Nc1cccc(C)c1. The van der Waals surface area contributed by atoms with Gasteiger partial charge in [-0.3, -0.25) is 0 Å². The van der Waals surface area contributed by atoms with Gasteiger partial charge in [0.05, 0.1) is 11.5 Å². The lowest BCUT2D eigenvalue weighted by Gasteiger charge is -2.20. The second-order valence-electron chi connectivity index (χ2n) is 3.78. The van der Waals surface area contributed by atoms with Crippen LogP contribution in [0.25, 0.3) is 0 Å². The summed E-state index contributed by atoms with van der Waals surface area (Å²) in [5, 5.41) is 2.81. The molecule has 0 aliphatic heterocycles. The number of hydrogen-bond acceptors (Lipinski definition) is 2. The maximum Gasteiger partial charge on any atom is 0.322 e. The van der Waals surface area contributed by atoms with E-state index in [4.69, 9.17) is 18.0 Å². The molecule has 5 heteroatoms. The van der Waals surface area contributed by atoms with Crippen molar-refractivity contribution in [1.82, 2.24) is 4.90 Å². The van der Waals surface area contributed by atoms with Gasteiger partial charge in [-0.05, 0) is 31.5 Å². The van der Waals surface area contributed by atoms with E-state index in [0.717, 1.165) is 11.3 Å². The first-order chi connectivity index (χ1) is 8.02. The van der Waals surface area contributed by atoms with E-state index in [2.05, 4.69) is 5.32 Å². The van der Waals surface area contributed by atoms with Crippen molar-refractivity contribution in [2.24, 2.45) is 5.73 Å². The molecule has 17 heavy (non-hydrogen) atoms. The van der Waals surface area contributed by atoms with E-state index in [0.29, 0.717) is 18.1 Å². The molecular formula is C12H17N3OS. The molecule has 1 aromatic rings. The molecule has 0 aromatic heterocycles. The number of nitrogens with zero attached hydrogens (tertiary/aromatic N) is 1. The largest absolute Gasteiger partial charge is 0.392 e. The van der Waals surface area contributed by atoms with Crippen molar-refractivity contribution in [1.29, 1.82) is 0 Å². The number of carbonyl (C=O) groups excluding carboxylic acids is 1. The van der Waals surface area contributed by atoms with Crippen LogP contribution in [0.15, 0.2) is 24.3 Å². The zero-order valence-corrected chi connectivity index (χ0v) is 10.9. The fourth-order valence-corrected chi connectivity index (χ4v) is 1.60. The molecule has 0 heterocycles. The third kappa shape index (κ3) is 4.40. The fraction of sp³-hybridized carbons (Fsp3) is 0.333. The number of hydrogen-bond donors (Lipinski definition) is 2. The molecule has 0 saturated carbocycles. The van der Waals surface area contributed by atoms with Gasteiger partial charge in [-0.2, -0.15) is 0 Å². The van der Waals surface area contributed by atoms with Gasteiger partial charge in [-0.25, -0.2) is 4.79 Å². The van der Waals surface area contributed by atoms with Crippen molar-refractivity contribution >= 4 is 28.9 Å².